The summed E-state index contributed by atoms with van der Waals surface area (Å²) in [6, 6.07) is 16.3. The van der Waals surface area contributed by atoms with Gasteiger partial charge in [0.05, 0.1) is 31.5 Å². The number of methoxy groups -OCH3 is 1. The summed E-state index contributed by atoms with van der Waals surface area (Å²) in [5, 5.41) is 8.35. The highest BCUT2D eigenvalue weighted by Gasteiger charge is 2.51. The average Bonchev–Trinajstić information content (AvgIpc) is 3.45. The third kappa shape index (κ3) is 6.28. The van der Waals surface area contributed by atoms with Gasteiger partial charge in [0, 0.05) is 0 Å². The van der Waals surface area contributed by atoms with E-state index in [0.29, 0.717) is 18.3 Å². The Bertz CT molecular complexity index is 1310. The summed E-state index contributed by atoms with van der Waals surface area (Å²) in [5.74, 6) is 1.04. The molecule has 0 amide bonds. The Labute approximate surface area is 242 Å². The van der Waals surface area contributed by atoms with E-state index >= 15 is 0 Å². The van der Waals surface area contributed by atoms with E-state index in [2.05, 4.69) is 62.3 Å². The summed E-state index contributed by atoms with van der Waals surface area (Å²) in [5.41, 5.74) is 2.73. The molecule has 218 valence electrons. The van der Waals surface area contributed by atoms with Crippen molar-refractivity contribution >= 4 is 18.6 Å². The second kappa shape index (κ2) is 11.9. The Morgan fingerprint density at radius 3 is 2.20 bits per heavy atom. The average molecular weight is 561 g/mol. The van der Waals surface area contributed by atoms with Gasteiger partial charge in [0.15, 0.2) is 0 Å². The Kier molecular flexibility index (Phi) is 8.43. The van der Waals surface area contributed by atoms with Gasteiger partial charge in [-0.25, -0.2) is 9.48 Å². The van der Waals surface area contributed by atoms with Gasteiger partial charge in [-0.3, -0.25) is 0 Å². The van der Waals surface area contributed by atoms with Crippen LogP contribution in [0.4, 0.5) is 0 Å². The van der Waals surface area contributed by atoms with Crippen molar-refractivity contribution in [3.63, 3.8) is 0 Å². The van der Waals surface area contributed by atoms with Crippen molar-refractivity contribution in [3.8, 4) is 11.6 Å². The zero-order valence-corrected chi connectivity index (χ0v) is 24.9. The molecule has 2 aromatic carbocycles. The van der Waals surface area contributed by atoms with Gasteiger partial charge >= 0.3 is 13.1 Å². The normalized spacial score (nSPS) is 21.5. The molecule has 1 aliphatic carbocycles. The van der Waals surface area contributed by atoms with Crippen molar-refractivity contribution in [2.45, 2.75) is 90.1 Å². The number of rotatable bonds is 9. The molecule has 1 saturated carbocycles. The number of carbonyl (C=O) groups excluding carboxylic acids is 1. The first kappa shape index (κ1) is 29.1. The van der Waals surface area contributed by atoms with Gasteiger partial charge in [-0.05, 0) is 94.9 Å². The number of carbonyl (C=O) groups is 1. The number of nitrogens with zero attached hydrogens (tertiary/aromatic N) is 3. The second-order valence-corrected chi connectivity index (χ2v) is 11.8. The first-order valence-electron chi connectivity index (χ1n) is 14.5. The number of hydrogen-bond donors (Lipinski definition) is 0. The molecular formula is C31H40BN3O6. The first-order valence-corrected chi connectivity index (χ1v) is 14.5. The monoisotopic (exact) mass is 561 g/mol. The molecule has 41 heavy (non-hydrogen) atoms. The summed E-state index contributed by atoms with van der Waals surface area (Å²) in [6.07, 6.45) is 3.64. The fourth-order valence-electron chi connectivity index (χ4n) is 5.33. The number of hydrogen-bond acceptors (Lipinski definition) is 8. The van der Waals surface area contributed by atoms with E-state index in [9.17, 15) is 4.79 Å². The Morgan fingerprint density at radius 1 is 0.976 bits per heavy atom. The minimum absolute atomic E-state index is 0.0448. The third-order valence-electron chi connectivity index (χ3n) is 8.54. The van der Waals surface area contributed by atoms with Gasteiger partial charge in [-0.15, -0.1) is 5.10 Å². The lowest BCUT2D eigenvalue weighted by Crippen LogP contribution is -2.41. The molecule has 3 aromatic rings. The van der Waals surface area contributed by atoms with Crippen molar-refractivity contribution in [1.82, 2.24) is 15.0 Å². The van der Waals surface area contributed by atoms with Crippen LogP contribution in [0.3, 0.4) is 0 Å². The summed E-state index contributed by atoms with van der Waals surface area (Å²) in [6.45, 7) is 10.7. The van der Waals surface area contributed by atoms with Gasteiger partial charge in [-0.2, -0.15) is 0 Å². The van der Waals surface area contributed by atoms with E-state index < -0.39 is 5.97 Å². The van der Waals surface area contributed by atoms with Gasteiger partial charge in [0.1, 0.15) is 11.9 Å². The van der Waals surface area contributed by atoms with Crippen LogP contribution in [0, 0.1) is 0 Å². The van der Waals surface area contributed by atoms with Crippen molar-refractivity contribution in [3.05, 3.63) is 65.4 Å². The molecule has 1 saturated heterocycles. The van der Waals surface area contributed by atoms with E-state index in [-0.39, 0.29) is 36.7 Å². The van der Waals surface area contributed by atoms with Gasteiger partial charge in [0.2, 0.25) is 11.6 Å². The van der Waals surface area contributed by atoms with E-state index in [0.717, 1.165) is 42.5 Å². The summed E-state index contributed by atoms with van der Waals surface area (Å²) >= 11 is 0. The first-order chi connectivity index (χ1) is 19.6. The zero-order valence-electron chi connectivity index (χ0n) is 24.9. The molecule has 2 aliphatic rings. The van der Waals surface area contributed by atoms with Gasteiger partial charge in [-0.1, -0.05) is 41.6 Å². The molecule has 0 bridgehead atoms. The van der Waals surface area contributed by atoms with Crippen LogP contribution < -0.4 is 14.9 Å². The molecule has 10 heteroatoms. The maximum Gasteiger partial charge on any atom is 0.494 e. The second-order valence-electron chi connectivity index (χ2n) is 11.8. The lowest BCUT2D eigenvalue weighted by atomic mass is 9.76. The number of aromatic nitrogens is 3. The summed E-state index contributed by atoms with van der Waals surface area (Å²) in [7, 11) is 1.28. The largest absolute Gasteiger partial charge is 0.497 e. The van der Waals surface area contributed by atoms with Crippen LogP contribution >= 0.6 is 0 Å². The van der Waals surface area contributed by atoms with Crippen molar-refractivity contribution in [2.75, 3.05) is 13.7 Å². The summed E-state index contributed by atoms with van der Waals surface area (Å²) in [4.78, 5) is 12.6. The molecule has 0 atom stereocenters. The van der Waals surface area contributed by atoms with Crippen molar-refractivity contribution < 1.29 is 28.3 Å². The number of benzene rings is 2. The zero-order chi connectivity index (χ0) is 29.2. The molecule has 1 aliphatic heterocycles. The fourth-order valence-corrected chi connectivity index (χ4v) is 5.33. The van der Waals surface area contributed by atoms with Crippen LogP contribution in [0.15, 0.2) is 48.5 Å². The maximum atomic E-state index is 12.6. The van der Waals surface area contributed by atoms with E-state index in [4.69, 9.17) is 23.5 Å². The standard InChI is InChI=1S/C31H40BN3O6/c1-7-38-29(36)27-28(35(34-33-27)20-21-8-16-25(37-6)17-9-21)39-26-18-12-23(13-19-26)22-10-14-24(15-11-22)32-40-30(2,3)31(4,5)41-32/h8-11,14-17,23,26H,7,12-13,18-20H2,1-6H3. The molecule has 2 heterocycles. The number of ether oxygens (including phenoxy) is 3. The highest BCUT2D eigenvalue weighted by atomic mass is 16.7. The Morgan fingerprint density at radius 2 is 1.61 bits per heavy atom. The van der Waals surface area contributed by atoms with Crippen LogP contribution in [-0.4, -0.2) is 59.1 Å². The summed E-state index contributed by atoms with van der Waals surface area (Å²) < 4.78 is 31.0. The molecule has 0 N–H and O–H groups in total. The van der Waals surface area contributed by atoms with Gasteiger partial charge in [0.25, 0.3) is 0 Å². The Hall–Kier alpha value is -3.37. The molecule has 5 rings (SSSR count). The van der Waals surface area contributed by atoms with Crippen LogP contribution in [0.2, 0.25) is 0 Å². The van der Waals surface area contributed by atoms with Crippen LogP contribution in [0.1, 0.15) is 87.8 Å². The molecule has 0 radical (unpaired) electrons. The highest BCUT2D eigenvalue weighted by Crippen LogP contribution is 2.38. The molecule has 2 fully saturated rings. The molecular weight excluding hydrogens is 521 g/mol. The minimum Gasteiger partial charge on any atom is -0.497 e. The predicted molar refractivity (Wildman–Crippen MR) is 156 cm³/mol. The van der Waals surface area contributed by atoms with E-state index in [1.54, 1.807) is 18.7 Å². The molecule has 9 nitrogen and oxygen atoms in total. The lowest BCUT2D eigenvalue weighted by molar-refractivity contribution is 0.00578. The van der Waals surface area contributed by atoms with Crippen LogP contribution in [0.5, 0.6) is 11.6 Å². The fraction of sp³-hybridized carbons (Fsp3) is 0.516. The molecule has 0 spiro atoms. The quantitative estimate of drug-likeness (QED) is 0.269. The SMILES string of the molecule is CCOC(=O)c1nnn(Cc2ccc(OC)cc2)c1OC1CCC(c2ccc(B3OC(C)(C)C(C)(C)O3)cc2)CC1. The lowest BCUT2D eigenvalue weighted by Gasteiger charge is -2.32. The van der Waals surface area contributed by atoms with E-state index in [1.165, 1.54) is 5.56 Å². The smallest absolute Gasteiger partial charge is 0.494 e. The third-order valence-corrected chi connectivity index (χ3v) is 8.54. The minimum atomic E-state index is -0.528. The topological polar surface area (TPSA) is 93.9 Å². The van der Waals surface area contributed by atoms with Gasteiger partial charge < -0.3 is 23.5 Å². The Balaban J connectivity index is 1.23. The predicted octanol–water partition coefficient (Wildman–Crippen LogP) is 4.92. The van der Waals surface area contributed by atoms with E-state index in [1.807, 2.05) is 24.3 Å². The van der Waals surface area contributed by atoms with Crippen molar-refractivity contribution in [1.29, 1.82) is 0 Å². The van der Waals surface area contributed by atoms with Crippen molar-refractivity contribution in [2.24, 2.45) is 0 Å². The number of esters is 1. The molecule has 1 aromatic heterocycles. The highest BCUT2D eigenvalue weighted by molar-refractivity contribution is 6.62. The van der Waals surface area contributed by atoms with Crippen LogP contribution in [-0.2, 0) is 20.6 Å². The maximum absolute atomic E-state index is 12.6. The molecule has 0 unspecified atom stereocenters. The van der Waals surface area contributed by atoms with Crippen LogP contribution in [0.25, 0.3) is 0 Å².